The highest BCUT2D eigenvalue weighted by Gasteiger charge is 2.17. The maximum Gasteiger partial charge on any atom is 0.328 e. The summed E-state index contributed by atoms with van der Waals surface area (Å²) in [6.07, 6.45) is 4.46. The van der Waals surface area contributed by atoms with Gasteiger partial charge in [0.25, 0.3) is 0 Å². The van der Waals surface area contributed by atoms with Gasteiger partial charge in [0.15, 0.2) is 5.13 Å². The molecule has 0 spiro atoms. The van der Waals surface area contributed by atoms with Crippen LogP contribution in [-0.2, 0) is 4.79 Å². The monoisotopic (exact) mass is 267 g/mol. The SMILES string of the molecule is CCN1CCN(c2ncc(/C=C/C(=O)O)s2)CC1. The number of anilines is 1. The largest absolute Gasteiger partial charge is 0.478 e. The summed E-state index contributed by atoms with van der Waals surface area (Å²) >= 11 is 1.54. The molecule has 1 fully saturated rings. The molecule has 6 heteroatoms. The van der Waals surface area contributed by atoms with E-state index in [0.29, 0.717) is 0 Å². The summed E-state index contributed by atoms with van der Waals surface area (Å²) in [5, 5.41) is 9.55. The van der Waals surface area contributed by atoms with Crippen molar-refractivity contribution in [3.8, 4) is 0 Å². The van der Waals surface area contributed by atoms with Gasteiger partial charge in [-0.3, -0.25) is 0 Å². The highest BCUT2D eigenvalue weighted by Crippen LogP contribution is 2.24. The molecule has 5 nitrogen and oxygen atoms in total. The van der Waals surface area contributed by atoms with Crippen molar-refractivity contribution < 1.29 is 9.90 Å². The van der Waals surface area contributed by atoms with Crippen LogP contribution in [0.15, 0.2) is 12.3 Å². The van der Waals surface area contributed by atoms with Crippen LogP contribution in [0.1, 0.15) is 11.8 Å². The van der Waals surface area contributed by atoms with Crippen LogP contribution in [-0.4, -0.2) is 53.7 Å². The zero-order chi connectivity index (χ0) is 13.0. The lowest BCUT2D eigenvalue weighted by atomic mass is 10.3. The zero-order valence-corrected chi connectivity index (χ0v) is 11.2. The number of thiazole rings is 1. The summed E-state index contributed by atoms with van der Waals surface area (Å²) < 4.78 is 0. The van der Waals surface area contributed by atoms with E-state index in [4.69, 9.17) is 5.11 Å². The zero-order valence-electron chi connectivity index (χ0n) is 10.4. The number of carbonyl (C=O) groups is 1. The van der Waals surface area contributed by atoms with Gasteiger partial charge in [-0.05, 0) is 12.6 Å². The summed E-state index contributed by atoms with van der Waals surface area (Å²) in [6.45, 7) is 7.38. The highest BCUT2D eigenvalue weighted by molar-refractivity contribution is 7.16. The number of aromatic nitrogens is 1. The predicted molar refractivity (Wildman–Crippen MR) is 73.1 cm³/mol. The van der Waals surface area contributed by atoms with E-state index in [2.05, 4.69) is 21.7 Å². The first-order valence-electron chi connectivity index (χ1n) is 6.03. The van der Waals surface area contributed by atoms with Crippen LogP contribution in [0.2, 0.25) is 0 Å². The summed E-state index contributed by atoms with van der Waals surface area (Å²) in [4.78, 5) is 20.3. The molecule has 18 heavy (non-hydrogen) atoms. The second-order valence-corrected chi connectivity index (χ2v) is 5.18. The smallest absolute Gasteiger partial charge is 0.328 e. The fourth-order valence-electron chi connectivity index (χ4n) is 1.91. The van der Waals surface area contributed by atoms with Crippen molar-refractivity contribution >= 4 is 28.5 Å². The van der Waals surface area contributed by atoms with Crippen molar-refractivity contribution in [3.05, 3.63) is 17.2 Å². The fraction of sp³-hybridized carbons (Fsp3) is 0.500. The van der Waals surface area contributed by atoms with Gasteiger partial charge in [-0.15, -0.1) is 0 Å². The fourth-order valence-corrected chi connectivity index (χ4v) is 2.78. The Kier molecular flexibility index (Phi) is 4.33. The number of likely N-dealkylation sites (N-methyl/N-ethyl adjacent to an activating group) is 1. The summed E-state index contributed by atoms with van der Waals surface area (Å²) in [7, 11) is 0. The average Bonchev–Trinajstić information content (AvgIpc) is 2.85. The molecule has 0 saturated carbocycles. The Morgan fingerprint density at radius 3 is 2.83 bits per heavy atom. The second-order valence-electron chi connectivity index (χ2n) is 4.14. The first kappa shape index (κ1) is 13.0. The minimum atomic E-state index is -0.929. The third-order valence-corrected chi connectivity index (χ3v) is 4.01. The van der Waals surface area contributed by atoms with Gasteiger partial charge >= 0.3 is 5.97 Å². The first-order chi connectivity index (χ1) is 8.69. The lowest BCUT2D eigenvalue weighted by Crippen LogP contribution is -2.46. The molecule has 1 saturated heterocycles. The van der Waals surface area contributed by atoms with E-state index in [1.54, 1.807) is 12.3 Å². The third kappa shape index (κ3) is 3.30. The number of carboxylic acid groups (broad SMARTS) is 1. The van der Waals surface area contributed by atoms with E-state index in [0.717, 1.165) is 48.8 Å². The first-order valence-corrected chi connectivity index (χ1v) is 6.85. The van der Waals surface area contributed by atoms with Crippen molar-refractivity contribution in [3.63, 3.8) is 0 Å². The molecule has 0 atom stereocenters. The van der Waals surface area contributed by atoms with E-state index in [9.17, 15) is 4.79 Å². The molecule has 2 rings (SSSR count). The molecule has 0 aromatic carbocycles. The van der Waals surface area contributed by atoms with Gasteiger partial charge in [0.2, 0.25) is 0 Å². The average molecular weight is 267 g/mol. The van der Waals surface area contributed by atoms with Gasteiger partial charge in [0, 0.05) is 43.3 Å². The molecule has 1 N–H and O–H groups in total. The Morgan fingerprint density at radius 1 is 1.50 bits per heavy atom. The van der Waals surface area contributed by atoms with Crippen LogP contribution in [0, 0.1) is 0 Å². The van der Waals surface area contributed by atoms with Crippen LogP contribution in [0.3, 0.4) is 0 Å². The van der Waals surface area contributed by atoms with Gasteiger partial charge in [-0.2, -0.15) is 0 Å². The molecule has 0 aliphatic carbocycles. The molecule has 0 amide bonds. The van der Waals surface area contributed by atoms with Crippen molar-refractivity contribution in [2.45, 2.75) is 6.92 Å². The summed E-state index contributed by atoms with van der Waals surface area (Å²) in [5.74, 6) is -0.929. The van der Waals surface area contributed by atoms with Crippen LogP contribution in [0.25, 0.3) is 6.08 Å². The number of hydrogen-bond acceptors (Lipinski definition) is 5. The van der Waals surface area contributed by atoms with Gasteiger partial charge < -0.3 is 14.9 Å². The minimum absolute atomic E-state index is 0.880. The van der Waals surface area contributed by atoms with Crippen LogP contribution in [0.4, 0.5) is 5.13 Å². The molecule has 98 valence electrons. The van der Waals surface area contributed by atoms with E-state index in [1.807, 2.05) is 0 Å². The summed E-state index contributed by atoms with van der Waals surface area (Å²) in [6, 6.07) is 0. The third-order valence-electron chi connectivity index (χ3n) is 2.99. The Balaban J connectivity index is 1.96. The number of rotatable bonds is 4. The highest BCUT2D eigenvalue weighted by atomic mass is 32.1. The van der Waals surface area contributed by atoms with E-state index in [1.165, 1.54) is 11.3 Å². The van der Waals surface area contributed by atoms with Crippen LogP contribution >= 0.6 is 11.3 Å². The van der Waals surface area contributed by atoms with E-state index in [-0.39, 0.29) is 0 Å². The standard InChI is InChI=1S/C12H17N3O2S/c1-2-14-5-7-15(8-6-14)12-13-9-10(18-12)3-4-11(16)17/h3-4,9H,2,5-8H2,1H3,(H,16,17)/b4-3+. The lowest BCUT2D eigenvalue weighted by Gasteiger charge is -2.33. The number of carboxylic acids is 1. The molecule has 1 aliphatic heterocycles. The number of piperazine rings is 1. The maximum absolute atomic E-state index is 10.4. The molecule has 0 bridgehead atoms. The Morgan fingerprint density at radius 2 is 2.22 bits per heavy atom. The molecule has 1 aromatic heterocycles. The van der Waals surface area contributed by atoms with Gasteiger partial charge in [-0.1, -0.05) is 18.3 Å². The van der Waals surface area contributed by atoms with Crippen molar-refractivity contribution in [1.82, 2.24) is 9.88 Å². The van der Waals surface area contributed by atoms with Crippen LogP contribution < -0.4 is 4.90 Å². The quantitative estimate of drug-likeness (QED) is 0.835. The van der Waals surface area contributed by atoms with Crippen molar-refractivity contribution in [1.29, 1.82) is 0 Å². The number of nitrogens with zero attached hydrogens (tertiary/aromatic N) is 3. The second kappa shape index (κ2) is 5.97. The molecule has 0 unspecified atom stereocenters. The van der Waals surface area contributed by atoms with Crippen molar-refractivity contribution in [2.24, 2.45) is 0 Å². The Bertz CT molecular complexity index is 436. The molecule has 0 radical (unpaired) electrons. The van der Waals surface area contributed by atoms with Gasteiger partial charge in [0.1, 0.15) is 0 Å². The molecule has 1 aliphatic rings. The minimum Gasteiger partial charge on any atom is -0.478 e. The molecule has 2 heterocycles. The van der Waals surface area contributed by atoms with Gasteiger partial charge in [-0.25, -0.2) is 9.78 Å². The van der Waals surface area contributed by atoms with Gasteiger partial charge in [0.05, 0.1) is 0 Å². The van der Waals surface area contributed by atoms with E-state index < -0.39 is 5.97 Å². The molecular weight excluding hydrogens is 250 g/mol. The number of hydrogen-bond donors (Lipinski definition) is 1. The lowest BCUT2D eigenvalue weighted by molar-refractivity contribution is -0.131. The maximum atomic E-state index is 10.4. The Labute approximate surface area is 110 Å². The topological polar surface area (TPSA) is 56.7 Å². The molecular formula is C12H17N3O2S. The predicted octanol–water partition coefficient (Wildman–Crippen LogP) is 1.38. The number of aliphatic carboxylic acids is 1. The normalized spacial score (nSPS) is 17.5. The molecule has 1 aromatic rings. The van der Waals surface area contributed by atoms with E-state index >= 15 is 0 Å². The summed E-state index contributed by atoms with van der Waals surface area (Å²) in [5.41, 5.74) is 0. The van der Waals surface area contributed by atoms with Crippen LogP contribution in [0.5, 0.6) is 0 Å². The Hall–Kier alpha value is -1.40. The van der Waals surface area contributed by atoms with Crippen molar-refractivity contribution in [2.75, 3.05) is 37.6 Å².